The van der Waals surface area contributed by atoms with Crippen LogP contribution in [0.2, 0.25) is 0 Å². The summed E-state index contributed by atoms with van der Waals surface area (Å²) < 4.78 is 0. The van der Waals surface area contributed by atoms with Crippen LogP contribution in [0.4, 0.5) is 16.2 Å². The Morgan fingerprint density at radius 3 is 2.48 bits per heavy atom. The van der Waals surface area contributed by atoms with Gasteiger partial charge in [-0.1, -0.05) is 26.0 Å². The highest BCUT2D eigenvalue weighted by molar-refractivity contribution is 6.11. The molecule has 0 aromatic heterocycles. The second-order valence-electron chi connectivity index (χ2n) is 6.99. The summed E-state index contributed by atoms with van der Waals surface area (Å²) in [5.41, 5.74) is 0.149. The van der Waals surface area contributed by atoms with Crippen molar-refractivity contribution in [3.05, 3.63) is 24.3 Å². The van der Waals surface area contributed by atoms with Gasteiger partial charge in [0.15, 0.2) is 0 Å². The molecule has 2 N–H and O–H groups in total. The Balaban J connectivity index is 1.89. The van der Waals surface area contributed by atoms with E-state index in [2.05, 4.69) is 10.6 Å². The number of amides is 5. The first-order chi connectivity index (χ1) is 12.8. The van der Waals surface area contributed by atoms with Gasteiger partial charge in [-0.15, -0.1) is 0 Å². The molecule has 2 aliphatic rings. The van der Waals surface area contributed by atoms with Crippen LogP contribution in [0.1, 0.15) is 40.0 Å². The van der Waals surface area contributed by atoms with Gasteiger partial charge in [0.1, 0.15) is 12.1 Å². The van der Waals surface area contributed by atoms with E-state index in [9.17, 15) is 19.2 Å². The Kier molecular flexibility index (Phi) is 4.91. The standard InChI is InChI=1S/C19H24N4O4/c1-4-19(5-2)17(26)22(18(27)21-19)11-16(25)23-12(3)10-15(24)20-13-8-6-7-9-14(13)23/h6-9,12H,4-5,10-11H2,1-3H3,(H,20,24)(H,21,27)/t12-/m0/s1. The van der Waals surface area contributed by atoms with Crippen LogP contribution >= 0.6 is 0 Å². The predicted octanol–water partition coefficient (Wildman–Crippen LogP) is 1.86. The van der Waals surface area contributed by atoms with Gasteiger partial charge in [-0.2, -0.15) is 0 Å². The molecule has 1 saturated heterocycles. The van der Waals surface area contributed by atoms with Crippen molar-refractivity contribution in [1.82, 2.24) is 10.2 Å². The zero-order chi connectivity index (χ0) is 19.8. The van der Waals surface area contributed by atoms with E-state index in [1.807, 2.05) is 13.8 Å². The lowest BCUT2D eigenvalue weighted by molar-refractivity contribution is -0.134. The molecular formula is C19H24N4O4. The molecule has 2 heterocycles. The van der Waals surface area contributed by atoms with E-state index in [0.29, 0.717) is 24.2 Å². The summed E-state index contributed by atoms with van der Waals surface area (Å²) in [5, 5.41) is 5.51. The number of para-hydroxylation sites is 2. The van der Waals surface area contributed by atoms with Gasteiger partial charge in [0.25, 0.3) is 5.91 Å². The summed E-state index contributed by atoms with van der Waals surface area (Å²) in [6.45, 7) is 5.07. The predicted molar refractivity (Wildman–Crippen MR) is 100 cm³/mol. The van der Waals surface area contributed by atoms with Crippen molar-refractivity contribution >= 4 is 35.1 Å². The van der Waals surface area contributed by atoms with Crippen LogP contribution in [0.25, 0.3) is 0 Å². The van der Waals surface area contributed by atoms with E-state index in [1.165, 1.54) is 4.90 Å². The van der Waals surface area contributed by atoms with Gasteiger partial charge in [-0.25, -0.2) is 4.79 Å². The Morgan fingerprint density at radius 2 is 1.85 bits per heavy atom. The molecule has 3 rings (SSSR count). The second kappa shape index (κ2) is 7.02. The maximum absolute atomic E-state index is 13.1. The van der Waals surface area contributed by atoms with Crippen molar-refractivity contribution in [2.45, 2.75) is 51.6 Å². The number of carbonyl (C=O) groups excluding carboxylic acids is 4. The fourth-order valence-corrected chi connectivity index (χ4v) is 3.73. The Bertz CT molecular complexity index is 803. The first-order valence-electron chi connectivity index (χ1n) is 9.18. The molecule has 8 heteroatoms. The zero-order valence-electron chi connectivity index (χ0n) is 15.7. The molecule has 2 aliphatic heterocycles. The molecule has 1 aromatic carbocycles. The molecular weight excluding hydrogens is 348 g/mol. The Morgan fingerprint density at radius 1 is 1.19 bits per heavy atom. The van der Waals surface area contributed by atoms with Crippen molar-refractivity contribution < 1.29 is 19.2 Å². The smallest absolute Gasteiger partial charge is 0.324 e. The van der Waals surface area contributed by atoms with Gasteiger partial charge in [0, 0.05) is 12.5 Å². The highest BCUT2D eigenvalue weighted by Crippen LogP contribution is 2.32. The lowest BCUT2D eigenvalue weighted by Crippen LogP contribution is -2.48. The Hall–Kier alpha value is -2.90. The molecule has 1 atom stereocenters. The van der Waals surface area contributed by atoms with Crippen molar-refractivity contribution in [3.63, 3.8) is 0 Å². The fraction of sp³-hybridized carbons (Fsp3) is 0.474. The van der Waals surface area contributed by atoms with E-state index < -0.39 is 23.5 Å². The molecule has 0 saturated carbocycles. The highest BCUT2D eigenvalue weighted by Gasteiger charge is 2.49. The van der Waals surface area contributed by atoms with Gasteiger partial charge < -0.3 is 15.5 Å². The van der Waals surface area contributed by atoms with E-state index in [4.69, 9.17) is 0 Å². The topological polar surface area (TPSA) is 98.8 Å². The summed E-state index contributed by atoms with van der Waals surface area (Å²) in [5.74, 6) is -0.968. The minimum absolute atomic E-state index is 0.133. The van der Waals surface area contributed by atoms with E-state index in [0.717, 1.165) is 4.90 Å². The highest BCUT2D eigenvalue weighted by atomic mass is 16.2. The number of hydrogen-bond acceptors (Lipinski definition) is 4. The SMILES string of the molecule is CCC1(CC)NC(=O)N(CC(=O)N2c3ccccc3NC(=O)C[C@@H]2C)C1=O. The molecule has 8 nitrogen and oxygen atoms in total. The number of nitrogens with zero attached hydrogens (tertiary/aromatic N) is 2. The van der Waals surface area contributed by atoms with Crippen molar-refractivity contribution in [3.8, 4) is 0 Å². The average Bonchev–Trinajstić information content (AvgIpc) is 2.79. The van der Waals surface area contributed by atoms with Crippen LogP contribution in [0.5, 0.6) is 0 Å². The number of hydrogen-bond donors (Lipinski definition) is 2. The largest absolute Gasteiger partial charge is 0.325 e. The second-order valence-corrected chi connectivity index (χ2v) is 6.99. The van der Waals surface area contributed by atoms with Crippen LogP contribution in [0.15, 0.2) is 24.3 Å². The van der Waals surface area contributed by atoms with Gasteiger partial charge in [0.05, 0.1) is 11.4 Å². The lowest BCUT2D eigenvalue weighted by atomic mass is 9.93. The maximum Gasteiger partial charge on any atom is 0.325 e. The number of anilines is 2. The zero-order valence-corrected chi connectivity index (χ0v) is 15.7. The average molecular weight is 372 g/mol. The minimum atomic E-state index is -0.947. The van der Waals surface area contributed by atoms with Crippen LogP contribution in [-0.4, -0.2) is 46.8 Å². The third kappa shape index (κ3) is 3.15. The van der Waals surface area contributed by atoms with Crippen LogP contribution in [0.3, 0.4) is 0 Å². The molecule has 0 radical (unpaired) electrons. The molecule has 144 valence electrons. The third-order valence-corrected chi connectivity index (χ3v) is 5.37. The van der Waals surface area contributed by atoms with Gasteiger partial charge in [-0.3, -0.25) is 19.3 Å². The van der Waals surface area contributed by atoms with Gasteiger partial charge in [0.2, 0.25) is 11.8 Å². The molecule has 0 bridgehead atoms. The summed E-state index contributed by atoms with van der Waals surface area (Å²) >= 11 is 0. The van der Waals surface area contributed by atoms with Crippen LogP contribution in [-0.2, 0) is 14.4 Å². The number of urea groups is 1. The van der Waals surface area contributed by atoms with E-state index >= 15 is 0 Å². The molecule has 5 amide bonds. The minimum Gasteiger partial charge on any atom is -0.324 e. The molecule has 1 fully saturated rings. The maximum atomic E-state index is 13.1. The number of nitrogens with one attached hydrogen (secondary N) is 2. The summed E-state index contributed by atoms with van der Waals surface area (Å²) in [6, 6.07) is 6.05. The molecule has 27 heavy (non-hydrogen) atoms. The summed E-state index contributed by atoms with van der Waals surface area (Å²) in [6.07, 6.45) is 1.05. The number of benzene rings is 1. The quantitative estimate of drug-likeness (QED) is 0.788. The first kappa shape index (κ1) is 18.9. The normalized spacial score (nSPS) is 21.4. The van der Waals surface area contributed by atoms with Crippen LogP contribution < -0.4 is 15.5 Å². The number of fused-ring (bicyclic) bond motifs is 1. The van der Waals surface area contributed by atoms with Crippen molar-refractivity contribution in [2.75, 3.05) is 16.8 Å². The monoisotopic (exact) mass is 372 g/mol. The third-order valence-electron chi connectivity index (χ3n) is 5.37. The number of imide groups is 1. The summed E-state index contributed by atoms with van der Waals surface area (Å²) in [4.78, 5) is 52.7. The molecule has 1 aromatic rings. The number of rotatable bonds is 4. The fourth-order valence-electron chi connectivity index (χ4n) is 3.73. The van der Waals surface area contributed by atoms with Crippen molar-refractivity contribution in [1.29, 1.82) is 0 Å². The van der Waals surface area contributed by atoms with Gasteiger partial charge >= 0.3 is 6.03 Å². The van der Waals surface area contributed by atoms with E-state index in [1.54, 1.807) is 31.2 Å². The van der Waals surface area contributed by atoms with Crippen LogP contribution in [0, 0.1) is 0 Å². The first-order valence-corrected chi connectivity index (χ1v) is 9.18. The van der Waals surface area contributed by atoms with E-state index in [-0.39, 0.29) is 24.8 Å². The van der Waals surface area contributed by atoms with Gasteiger partial charge in [-0.05, 0) is 31.9 Å². The molecule has 0 spiro atoms. The Labute approximate surface area is 157 Å². The molecule has 0 unspecified atom stereocenters. The van der Waals surface area contributed by atoms with Crippen molar-refractivity contribution in [2.24, 2.45) is 0 Å². The lowest BCUT2D eigenvalue weighted by Gasteiger charge is -2.29. The molecule has 0 aliphatic carbocycles. The number of carbonyl (C=O) groups is 4. The summed E-state index contributed by atoms with van der Waals surface area (Å²) in [7, 11) is 0.